The fourth-order valence-electron chi connectivity index (χ4n) is 2.38. The molecule has 2 rings (SSSR count). The van der Waals surface area contributed by atoms with Gasteiger partial charge in [-0.1, -0.05) is 13.3 Å². The molecule has 1 aromatic rings. The second-order valence-electron chi connectivity index (χ2n) is 5.01. The summed E-state index contributed by atoms with van der Waals surface area (Å²) in [5.41, 5.74) is 1.10. The van der Waals surface area contributed by atoms with Gasteiger partial charge in [0.15, 0.2) is 0 Å². The van der Waals surface area contributed by atoms with Crippen LogP contribution in [0.2, 0.25) is 0 Å². The van der Waals surface area contributed by atoms with Crippen molar-refractivity contribution >= 4 is 11.7 Å². The number of carbonyl (C=O) groups is 1. The van der Waals surface area contributed by atoms with E-state index in [-0.39, 0.29) is 11.9 Å². The lowest BCUT2D eigenvalue weighted by Gasteiger charge is -2.28. The van der Waals surface area contributed by atoms with Crippen molar-refractivity contribution in [2.24, 2.45) is 5.92 Å². The van der Waals surface area contributed by atoms with Crippen LogP contribution in [0.25, 0.3) is 0 Å². The first kappa shape index (κ1) is 13.0. The Morgan fingerprint density at radius 3 is 3.17 bits per heavy atom. The Morgan fingerprint density at radius 1 is 1.61 bits per heavy atom. The van der Waals surface area contributed by atoms with Crippen molar-refractivity contribution < 1.29 is 4.79 Å². The van der Waals surface area contributed by atoms with E-state index < -0.39 is 0 Å². The standard InChI is InChI=1S/C14H21N3O/c1-3-11-5-7-15-12(9-11)14(18)17-13-8-10(2)4-6-16-13/h4,6,8,11-12,15H,3,5,7,9H2,1-2H3,(H,16,17,18). The SMILES string of the molecule is CCC1CCNC(C(=O)Nc2cc(C)ccn2)C1. The fraction of sp³-hybridized carbons (Fsp3) is 0.571. The number of carbonyl (C=O) groups excluding carboxylic acids is 1. The molecule has 1 fully saturated rings. The Bertz CT molecular complexity index is 419. The molecule has 2 heterocycles. The third-order valence-electron chi connectivity index (χ3n) is 3.57. The van der Waals surface area contributed by atoms with Crippen molar-refractivity contribution in [2.75, 3.05) is 11.9 Å². The summed E-state index contributed by atoms with van der Waals surface area (Å²) in [7, 11) is 0. The van der Waals surface area contributed by atoms with Gasteiger partial charge in [-0.05, 0) is 49.9 Å². The summed E-state index contributed by atoms with van der Waals surface area (Å²) >= 11 is 0. The molecule has 0 saturated carbocycles. The van der Waals surface area contributed by atoms with Crippen LogP contribution in [0.4, 0.5) is 5.82 Å². The van der Waals surface area contributed by atoms with Gasteiger partial charge in [-0.15, -0.1) is 0 Å². The fourth-order valence-corrected chi connectivity index (χ4v) is 2.38. The quantitative estimate of drug-likeness (QED) is 0.860. The highest BCUT2D eigenvalue weighted by Crippen LogP contribution is 2.20. The molecular weight excluding hydrogens is 226 g/mol. The second kappa shape index (κ2) is 5.96. The molecule has 2 unspecified atom stereocenters. The maximum atomic E-state index is 12.1. The van der Waals surface area contributed by atoms with Crippen LogP contribution in [0.1, 0.15) is 31.7 Å². The van der Waals surface area contributed by atoms with Gasteiger partial charge in [0.05, 0.1) is 6.04 Å². The minimum absolute atomic E-state index is 0.0336. The molecule has 0 aromatic carbocycles. The average Bonchev–Trinajstić information content (AvgIpc) is 2.39. The zero-order valence-electron chi connectivity index (χ0n) is 11.1. The summed E-state index contributed by atoms with van der Waals surface area (Å²) in [6, 6.07) is 3.73. The molecule has 2 N–H and O–H groups in total. The molecule has 1 aliphatic heterocycles. The lowest BCUT2D eigenvalue weighted by Crippen LogP contribution is -2.46. The van der Waals surface area contributed by atoms with Crippen LogP contribution < -0.4 is 10.6 Å². The molecule has 0 aliphatic carbocycles. The summed E-state index contributed by atoms with van der Waals surface area (Å²) in [6.07, 6.45) is 4.96. The Balaban J connectivity index is 1.95. The predicted octanol–water partition coefficient (Wildman–Crippen LogP) is 2.11. The lowest BCUT2D eigenvalue weighted by atomic mass is 9.90. The minimum Gasteiger partial charge on any atom is -0.309 e. The first-order chi connectivity index (χ1) is 8.69. The van der Waals surface area contributed by atoms with Gasteiger partial charge in [0.2, 0.25) is 5.91 Å². The van der Waals surface area contributed by atoms with E-state index in [4.69, 9.17) is 0 Å². The number of pyridine rings is 1. The maximum absolute atomic E-state index is 12.1. The van der Waals surface area contributed by atoms with Crippen molar-refractivity contribution in [1.82, 2.24) is 10.3 Å². The smallest absolute Gasteiger partial charge is 0.242 e. The molecule has 0 radical (unpaired) electrons. The number of aromatic nitrogens is 1. The van der Waals surface area contributed by atoms with Gasteiger partial charge < -0.3 is 10.6 Å². The second-order valence-corrected chi connectivity index (χ2v) is 5.01. The van der Waals surface area contributed by atoms with Gasteiger partial charge in [0, 0.05) is 6.20 Å². The Morgan fingerprint density at radius 2 is 2.44 bits per heavy atom. The van der Waals surface area contributed by atoms with E-state index >= 15 is 0 Å². The van der Waals surface area contributed by atoms with Crippen LogP contribution in [0.3, 0.4) is 0 Å². The Hall–Kier alpha value is -1.42. The van der Waals surface area contributed by atoms with Crippen LogP contribution >= 0.6 is 0 Å². The Labute approximate surface area is 108 Å². The molecule has 1 amide bonds. The predicted molar refractivity (Wildman–Crippen MR) is 72.4 cm³/mol. The Kier molecular flexibility index (Phi) is 4.31. The van der Waals surface area contributed by atoms with Crippen molar-refractivity contribution in [1.29, 1.82) is 0 Å². The van der Waals surface area contributed by atoms with E-state index in [2.05, 4.69) is 22.5 Å². The molecule has 18 heavy (non-hydrogen) atoms. The summed E-state index contributed by atoms with van der Waals surface area (Å²) < 4.78 is 0. The number of hydrogen-bond donors (Lipinski definition) is 2. The van der Waals surface area contributed by atoms with E-state index in [0.717, 1.165) is 24.9 Å². The average molecular weight is 247 g/mol. The van der Waals surface area contributed by atoms with Crippen LogP contribution in [-0.2, 0) is 4.79 Å². The number of aryl methyl sites for hydroxylation is 1. The highest BCUT2D eigenvalue weighted by atomic mass is 16.2. The maximum Gasteiger partial charge on any atom is 0.242 e. The van der Waals surface area contributed by atoms with Crippen LogP contribution in [0, 0.1) is 12.8 Å². The number of piperidine rings is 1. The lowest BCUT2D eigenvalue weighted by molar-refractivity contribution is -0.119. The van der Waals surface area contributed by atoms with Crippen molar-refractivity contribution in [3.05, 3.63) is 23.9 Å². The first-order valence-electron chi connectivity index (χ1n) is 6.66. The van der Waals surface area contributed by atoms with Crippen molar-refractivity contribution in [3.63, 3.8) is 0 Å². The van der Waals surface area contributed by atoms with E-state index in [9.17, 15) is 4.79 Å². The molecule has 1 aliphatic rings. The zero-order chi connectivity index (χ0) is 13.0. The summed E-state index contributed by atoms with van der Waals surface area (Å²) in [6.45, 7) is 5.11. The van der Waals surface area contributed by atoms with Crippen molar-refractivity contribution in [3.8, 4) is 0 Å². The van der Waals surface area contributed by atoms with Gasteiger partial charge in [-0.2, -0.15) is 0 Å². The monoisotopic (exact) mass is 247 g/mol. The third kappa shape index (κ3) is 3.29. The topological polar surface area (TPSA) is 54.0 Å². The van der Waals surface area contributed by atoms with Crippen molar-refractivity contribution in [2.45, 2.75) is 39.2 Å². The number of amides is 1. The van der Waals surface area contributed by atoms with E-state index in [1.165, 1.54) is 6.42 Å². The molecule has 0 spiro atoms. The van der Waals surface area contributed by atoms with Crippen LogP contribution in [0.15, 0.2) is 18.3 Å². The first-order valence-corrected chi connectivity index (χ1v) is 6.66. The van der Waals surface area contributed by atoms with Gasteiger partial charge >= 0.3 is 0 Å². The zero-order valence-corrected chi connectivity index (χ0v) is 11.1. The van der Waals surface area contributed by atoms with Crippen LogP contribution in [-0.4, -0.2) is 23.5 Å². The summed E-state index contributed by atoms with van der Waals surface area (Å²) in [5, 5.41) is 6.16. The number of hydrogen-bond acceptors (Lipinski definition) is 3. The summed E-state index contributed by atoms with van der Waals surface area (Å²) in [5.74, 6) is 1.33. The van der Waals surface area contributed by atoms with E-state index in [0.29, 0.717) is 11.7 Å². The van der Waals surface area contributed by atoms with E-state index in [1.54, 1.807) is 6.20 Å². The number of anilines is 1. The minimum atomic E-state index is -0.0778. The van der Waals surface area contributed by atoms with Gasteiger partial charge in [0.25, 0.3) is 0 Å². The van der Waals surface area contributed by atoms with E-state index in [1.807, 2.05) is 19.1 Å². The number of rotatable bonds is 3. The molecule has 2 atom stereocenters. The largest absolute Gasteiger partial charge is 0.309 e. The number of nitrogens with zero attached hydrogens (tertiary/aromatic N) is 1. The molecular formula is C14H21N3O. The summed E-state index contributed by atoms with van der Waals surface area (Å²) in [4.78, 5) is 16.3. The third-order valence-corrected chi connectivity index (χ3v) is 3.57. The molecule has 98 valence electrons. The highest BCUT2D eigenvalue weighted by molar-refractivity contribution is 5.94. The molecule has 0 bridgehead atoms. The number of nitrogens with one attached hydrogen (secondary N) is 2. The van der Waals surface area contributed by atoms with Gasteiger partial charge in [-0.3, -0.25) is 4.79 Å². The normalized spacial score (nSPS) is 23.7. The van der Waals surface area contributed by atoms with Gasteiger partial charge in [-0.25, -0.2) is 4.98 Å². The molecule has 4 heteroatoms. The molecule has 4 nitrogen and oxygen atoms in total. The molecule has 1 saturated heterocycles. The highest BCUT2D eigenvalue weighted by Gasteiger charge is 2.25. The van der Waals surface area contributed by atoms with Gasteiger partial charge in [0.1, 0.15) is 5.82 Å². The molecule has 1 aromatic heterocycles. The van der Waals surface area contributed by atoms with Crippen LogP contribution in [0.5, 0.6) is 0 Å².